The second-order valence-corrected chi connectivity index (χ2v) is 5.56. The lowest BCUT2D eigenvalue weighted by Crippen LogP contribution is -2.24. The Labute approximate surface area is 157 Å². The second kappa shape index (κ2) is 8.99. The van der Waals surface area contributed by atoms with Crippen molar-refractivity contribution in [3.63, 3.8) is 0 Å². The van der Waals surface area contributed by atoms with Gasteiger partial charge in [-0.2, -0.15) is 18.3 Å². The number of ether oxygens (including phenoxy) is 1. The maximum Gasteiger partial charge on any atom is 0.416 e. The van der Waals surface area contributed by atoms with Crippen LogP contribution >= 0.6 is 12.2 Å². The predicted molar refractivity (Wildman–Crippen MR) is 98.0 cm³/mol. The molecule has 0 fully saturated rings. The molecule has 0 saturated heterocycles. The Morgan fingerprint density at radius 1 is 1.22 bits per heavy atom. The van der Waals surface area contributed by atoms with E-state index >= 15 is 0 Å². The molecule has 0 amide bonds. The van der Waals surface area contributed by atoms with Crippen molar-refractivity contribution in [1.82, 2.24) is 5.43 Å². The van der Waals surface area contributed by atoms with Crippen molar-refractivity contribution in [3.05, 3.63) is 59.7 Å². The van der Waals surface area contributed by atoms with E-state index in [0.717, 1.165) is 12.1 Å². The molecule has 0 aliphatic heterocycles. The number of carboxylic acid groups (broad SMARTS) is 1. The van der Waals surface area contributed by atoms with Crippen molar-refractivity contribution in [2.24, 2.45) is 5.10 Å². The summed E-state index contributed by atoms with van der Waals surface area (Å²) in [7, 11) is 0. The van der Waals surface area contributed by atoms with Crippen LogP contribution in [0, 0.1) is 0 Å². The third-order valence-electron chi connectivity index (χ3n) is 3.07. The lowest BCUT2D eigenvalue weighted by atomic mass is 10.2. The van der Waals surface area contributed by atoms with Gasteiger partial charge in [0, 0.05) is 5.69 Å². The van der Waals surface area contributed by atoms with Crippen LogP contribution in [0.15, 0.2) is 53.6 Å². The first-order valence-electron chi connectivity index (χ1n) is 7.46. The molecule has 0 spiro atoms. The van der Waals surface area contributed by atoms with Crippen LogP contribution in [0.2, 0.25) is 0 Å². The number of alkyl halides is 3. The Morgan fingerprint density at radius 2 is 1.93 bits per heavy atom. The van der Waals surface area contributed by atoms with E-state index in [4.69, 9.17) is 22.1 Å². The molecule has 0 aliphatic rings. The topological polar surface area (TPSA) is 83.0 Å². The lowest BCUT2D eigenvalue weighted by Gasteiger charge is -2.10. The highest BCUT2D eigenvalue weighted by Gasteiger charge is 2.30. The van der Waals surface area contributed by atoms with Crippen molar-refractivity contribution < 1.29 is 27.8 Å². The van der Waals surface area contributed by atoms with Gasteiger partial charge in [0.05, 0.1) is 11.8 Å². The van der Waals surface area contributed by atoms with Crippen molar-refractivity contribution >= 4 is 35.2 Å². The minimum absolute atomic E-state index is 0.0204. The summed E-state index contributed by atoms with van der Waals surface area (Å²) >= 11 is 4.97. The Kier molecular flexibility index (Phi) is 6.72. The molecule has 2 aromatic rings. The molecule has 0 atom stereocenters. The Hall–Kier alpha value is -3.14. The molecule has 3 N–H and O–H groups in total. The van der Waals surface area contributed by atoms with E-state index in [-0.39, 0.29) is 10.8 Å². The highest BCUT2D eigenvalue weighted by Crippen LogP contribution is 2.30. The molecule has 0 heterocycles. The van der Waals surface area contributed by atoms with Gasteiger partial charge in [-0.1, -0.05) is 6.07 Å². The van der Waals surface area contributed by atoms with Crippen molar-refractivity contribution in [2.75, 3.05) is 11.9 Å². The molecule has 10 heteroatoms. The molecule has 0 aliphatic carbocycles. The lowest BCUT2D eigenvalue weighted by molar-refractivity contribution is -0.139. The van der Waals surface area contributed by atoms with Gasteiger partial charge < -0.3 is 15.2 Å². The van der Waals surface area contributed by atoms with Gasteiger partial charge in [0.15, 0.2) is 11.7 Å². The predicted octanol–water partition coefficient (Wildman–Crippen LogP) is 3.49. The summed E-state index contributed by atoms with van der Waals surface area (Å²) in [6.07, 6.45) is -3.01. The normalized spacial score (nSPS) is 11.2. The third-order valence-corrected chi connectivity index (χ3v) is 3.26. The summed E-state index contributed by atoms with van der Waals surface area (Å²) in [6, 6.07) is 11.1. The molecule has 27 heavy (non-hydrogen) atoms. The van der Waals surface area contributed by atoms with E-state index < -0.39 is 24.3 Å². The van der Waals surface area contributed by atoms with E-state index in [1.54, 1.807) is 24.3 Å². The van der Waals surface area contributed by atoms with E-state index in [0.29, 0.717) is 11.3 Å². The summed E-state index contributed by atoms with van der Waals surface area (Å²) in [5, 5.41) is 15.0. The summed E-state index contributed by atoms with van der Waals surface area (Å²) in [5.41, 5.74) is 2.56. The maximum absolute atomic E-state index is 12.7. The van der Waals surface area contributed by atoms with E-state index in [9.17, 15) is 18.0 Å². The molecule has 0 bridgehead atoms. The van der Waals surface area contributed by atoms with Crippen LogP contribution in [0.25, 0.3) is 0 Å². The van der Waals surface area contributed by atoms with Crippen LogP contribution in [0.3, 0.4) is 0 Å². The highest BCUT2D eigenvalue weighted by molar-refractivity contribution is 7.80. The van der Waals surface area contributed by atoms with Crippen LogP contribution < -0.4 is 15.5 Å². The number of thiocarbonyl (C=S) groups is 1. The summed E-state index contributed by atoms with van der Waals surface area (Å²) in [4.78, 5) is 10.4. The van der Waals surface area contributed by atoms with Gasteiger partial charge in [-0.3, -0.25) is 5.43 Å². The van der Waals surface area contributed by atoms with Gasteiger partial charge in [-0.05, 0) is 60.2 Å². The first-order chi connectivity index (χ1) is 12.7. The highest BCUT2D eigenvalue weighted by atomic mass is 32.1. The monoisotopic (exact) mass is 397 g/mol. The second-order valence-electron chi connectivity index (χ2n) is 5.15. The number of hydrogen-bond donors (Lipinski definition) is 3. The number of hydrazone groups is 1. The number of rotatable bonds is 6. The molecule has 6 nitrogen and oxygen atoms in total. The number of nitrogens with one attached hydrogen (secondary N) is 2. The Morgan fingerprint density at radius 3 is 2.56 bits per heavy atom. The third kappa shape index (κ3) is 6.94. The van der Waals surface area contributed by atoms with Crippen LogP contribution in [0.5, 0.6) is 5.75 Å². The molecule has 0 saturated carbocycles. The summed E-state index contributed by atoms with van der Waals surface area (Å²) in [6.45, 7) is -0.440. The first-order valence-corrected chi connectivity index (χ1v) is 7.87. The average molecular weight is 397 g/mol. The molecule has 142 valence electrons. The SMILES string of the molecule is O=C(O)COc1ccc(/C=N\NC(=S)Nc2cccc(C(F)(F)F)c2)cc1. The molecular formula is C17H14F3N3O3S. The van der Waals surface area contributed by atoms with Crippen LogP contribution in [0.1, 0.15) is 11.1 Å². The zero-order valence-electron chi connectivity index (χ0n) is 13.7. The van der Waals surface area contributed by atoms with E-state index in [1.807, 2.05) is 0 Å². The number of benzene rings is 2. The van der Waals surface area contributed by atoms with Crippen LogP contribution in [-0.4, -0.2) is 29.0 Å². The van der Waals surface area contributed by atoms with Gasteiger partial charge >= 0.3 is 12.1 Å². The van der Waals surface area contributed by atoms with E-state index in [1.165, 1.54) is 18.3 Å². The smallest absolute Gasteiger partial charge is 0.416 e. The van der Waals surface area contributed by atoms with Gasteiger partial charge in [0.1, 0.15) is 5.75 Å². The average Bonchev–Trinajstić information content (AvgIpc) is 2.60. The number of carboxylic acids is 1. The van der Waals surface area contributed by atoms with Gasteiger partial charge in [-0.15, -0.1) is 0 Å². The van der Waals surface area contributed by atoms with Gasteiger partial charge in [0.25, 0.3) is 0 Å². The summed E-state index contributed by atoms with van der Waals surface area (Å²) in [5.74, 6) is -0.684. The van der Waals surface area contributed by atoms with Gasteiger partial charge in [0.2, 0.25) is 0 Å². The van der Waals surface area contributed by atoms with E-state index in [2.05, 4.69) is 15.8 Å². The maximum atomic E-state index is 12.7. The molecule has 2 aromatic carbocycles. The number of anilines is 1. The minimum atomic E-state index is -4.44. The van der Waals surface area contributed by atoms with Crippen LogP contribution in [0.4, 0.5) is 18.9 Å². The standard InChI is InChI=1S/C17H14F3N3O3S/c18-17(19,20)12-2-1-3-13(8-12)22-16(27)23-21-9-11-4-6-14(7-5-11)26-10-15(24)25/h1-9H,10H2,(H,24,25)(H2,22,23,27)/b21-9-. The molecular weight excluding hydrogens is 383 g/mol. The van der Waals surface area contributed by atoms with Crippen LogP contribution in [-0.2, 0) is 11.0 Å². The van der Waals surface area contributed by atoms with Crippen molar-refractivity contribution in [2.45, 2.75) is 6.18 Å². The summed E-state index contributed by atoms with van der Waals surface area (Å²) < 4.78 is 43.0. The zero-order valence-corrected chi connectivity index (χ0v) is 14.5. The Balaban J connectivity index is 1.87. The fourth-order valence-electron chi connectivity index (χ4n) is 1.89. The molecule has 2 rings (SSSR count). The Bertz CT molecular complexity index is 839. The first kappa shape index (κ1) is 20.2. The van der Waals surface area contributed by atoms with Crippen molar-refractivity contribution in [1.29, 1.82) is 0 Å². The fraction of sp³-hybridized carbons (Fsp3) is 0.118. The number of hydrogen-bond acceptors (Lipinski definition) is 4. The number of aliphatic carboxylic acids is 1. The zero-order chi connectivity index (χ0) is 19.9. The minimum Gasteiger partial charge on any atom is -0.482 e. The fourth-order valence-corrected chi connectivity index (χ4v) is 2.06. The quantitative estimate of drug-likeness (QED) is 0.393. The van der Waals surface area contributed by atoms with Crippen molar-refractivity contribution in [3.8, 4) is 5.75 Å². The number of halogens is 3. The number of nitrogens with zero attached hydrogens (tertiary/aromatic N) is 1. The van der Waals surface area contributed by atoms with Gasteiger partial charge in [-0.25, -0.2) is 4.79 Å². The largest absolute Gasteiger partial charge is 0.482 e. The molecule has 0 aromatic heterocycles. The number of carbonyl (C=O) groups is 1. The molecule has 0 radical (unpaired) electrons. The molecule has 0 unspecified atom stereocenters.